The first-order chi connectivity index (χ1) is 15.8. The molecule has 1 fully saturated rings. The molecule has 3 rings (SSSR count). The molecule has 0 bridgehead atoms. The molecular formula is C21H21BrClFIN5O4. The quantitative estimate of drug-likeness (QED) is 0.132. The van der Waals surface area contributed by atoms with Crippen LogP contribution in [0.25, 0.3) is 10.9 Å². The highest BCUT2D eigenvalue weighted by Gasteiger charge is 2.36. The van der Waals surface area contributed by atoms with Gasteiger partial charge in [0.25, 0.3) is 0 Å². The molecule has 2 aromatic rings. The first kappa shape index (κ1) is 26.6. The zero-order chi connectivity index (χ0) is 25.4. The lowest BCUT2D eigenvalue weighted by Crippen LogP contribution is -2.50. The number of aromatic nitrogens is 1. The third kappa shape index (κ3) is 5.63. The number of amides is 1. The summed E-state index contributed by atoms with van der Waals surface area (Å²) in [6.07, 6.45) is 0.310. The van der Waals surface area contributed by atoms with Crippen LogP contribution in [0.4, 0.5) is 20.6 Å². The summed E-state index contributed by atoms with van der Waals surface area (Å²) in [4.78, 5) is 29.3. The van der Waals surface area contributed by atoms with E-state index in [2.05, 4.69) is 32.3 Å². The van der Waals surface area contributed by atoms with Crippen molar-refractivity contribution < 1.29 is 18.8 Å². The summed E-state index contributed by atoms with van der Waals surface area (Å²) in [6, 6.07) is 2.87. The molecule has 0 spiro atoms. The summed E-state index contributed by atoms with van der Waals surface area (Å²) in [7, 11) is 0. The van der Waals surface area contributed by atoms with Crippen LogP contribution >= 0.6 is 50.1 Å². The molecule has 2 atom stereocenters. The number of benzene rings is 1. The smallest absolute Gasteiger partial charge is 0.410 e. The average molecular weight is 669 g/mol. The Morgan fingerprint density at radius 1 is 1.56 bits per heavy atom. The zero-order valence-electron chi connectivity index (χ0n) is 18.5. The van der Waals surface area contributed by atoms with Crippen molar-refractivity contribution >= 4 is 78.5 Å². The molecule has 0 aliphatic carbocycles. The number of fused-ring (bicyclic) bond motifs is 1. The van der Waals surface area contributed by atoms with Gasteiger partial charge in [-0.05, 0) is 78.2 Å². The van der Waals surface area contributed by atoms with Gasteiger partial charge in [-0.15, -0.1) is 0 Å². The van der Waals surface area contributed by atoms with Gasteiger partial charge in [0, 0.05) is 27.6 Å². The largest absolute Gasteiger partial charge is 0.444 e. The fourth-order valence-electron chi connectivity index (χ4n) is 3.83. The van der Waals surface area contributed by atoms with Crippen molar-refractivity contribution in [3.8, 4) is 6.07 Å². The van der Waals surface area contributed by atoms with Gasteiger partial charge in [-0.1, -0.05) is 11.6 Å². The van der Waals surface area contributed by atoms with E-state index in [1.165, 1.54) is 4.90 Å². The molecule has 0 saturated carbocycles. The number of nitrogens with zero attached hydrogens (tertiary/aromatic N) is 4. The van der Waals surface area contributed by atoms with Crippen molar-refractivity contribution in [3.63, 3.8) is 0 Å². The van der Waals surface area contributed by atoms with Crippen LogP contribution in [0.1, 0.15) is 40.0 Å². The minimum atomic E-state index is -0.688. The van der Waals surface area contributed by atoms with E-state index in [1.807, 2.05) is 22.6 Å². The van der Waals surface area contributed by atoms with E-state index in [4.69, 9.17) is 16.3 Å². The number of hydrogen-bond donors (Lipinski definition) is 1. The van der Waals surface area contributed by atoms with Gasteiger partial charge >= 0.3 is 11.8 Å². The number of anilines is 1. The van der Waals surface area contributed by atoms with Gasteiger partial charge in [0.1, 0.15) is 16.8 Å². The minimum absolute atomic E-state index is 0.0516. The number of likely N-dealkylation sites (tertiary alicyclic amines) is 1. The van der Waals surface area contributed by atoms with Gasteiger partial charge in [0.15, 0.2) is 5.82 Å². The Hall–Kier alpha value is -1.98. The number of rotatable bonds is 4. The van der Waals surface area contributed by atoms with Crippen molar-refractivity contribution in [3.05, 3.63) is 35.2 Å². The monoisotopic (exact) mass is 667 g/mol. The van der Waals surface area contributed by atoms with Gasteiger partial charge in [-0.3, -0.25) is 10.1 Å². The van der Waals surface area contributed by atoms with E-state index in [0.29, 0.717) is 16.4 Å². The Morgan fingerprint density at radius 2 is 2.24 bits per heavy atom. The Balaban J connectivity index is 1.99. The molecule has 1 aromatic heterocycles. The van der Waals surface area contributed by atoms with E-state index in [-0.39, 0.29) is 40.1 Å². The highest BCUT2D eigenvalue weighted by molar-refractivity contribution is 14.1. The topological polar surface area (TPSA) is 121 Å². The minimum Gasteiger partial charge on any atom is -0.444 e. The third-order valence-corrected chi connectivity index (χ3v) is 7.88. The molecule has 0 unspecified atom stereocenters. The summed E-state index contributed by atoms with van der Waals surface area (Å²) >= 11 is 11.2. The Labute approximate surface area is 222 Å². The lowest BCUT2D eigenvalue weighted by atomic mass is 9.95. The highest BCUT2D eigenvalue weighted by Crippen LogP contribution is 2.42. The van der Waals surface area contributed by atoms with Gasteiger partial charge < -0.3 is 15.0 Å². The highest BCUT2D eigenvalue weighted by atomic mass is 127. The first-order valence-electron chi connectivity index (χ1n) is 10.3. The lowest BCUT2D eigenvalue weighted by Gasteiger charge is -2.39. The summed E-state index contributed by atoms with van der Waals surface area (Å²) < 4.78 is 21.1. The number of carbonyl (C=O) groups is 1. The standard InChI is InChI=1S/C21H21BrClFIN5O4/c1-21(2,3)34-20(31)29-7-5-10(8-11(29)4-6-26)27-17-12-9-13(25)14(22)15(24)16(12)28-19(23)18(17)30(32)33/h9-11H,4-5,7-8H2,1-3H3,(H,27,28)/t10-,11+/m0/s1. The number of carbonyl (C=O) groups excluding carboxylic acids is 1. The molecule has 1 aliphatic rings. The number of nitrogens with one attached hydrogen (secondary N) is 1. The summed E-state index contributed by atoms with van der Waals surface area (Å²) in [5.41, 5.74) is -1.20. The number of nitriles is 1. The number of nitro groups is 1. The fourth-order valence-corrected chi connectivity index (χ4v) is 4.92. The van der Waals surface area contributed by atoms with Crippen molar-refractivity contribution in [1.29, 1.82) is 5.26 Å². The van der Waals surface area contributed by atoms with Crippen LogP contribution in [0.3, 0.4) is 0 Å². The second-order valence-corrected chi connectivity index (χ2v) is 11.1. The van der Waals surface area contributed by atoms with Crippen LogP contribution in [0.5, 0.6) is 0 Å². The average Bonchev–Trinajstić information content (AvgIpc) is 2.72. The van der Waals surface area contributed by atoms with Crippen LogP contribution in [0.2, 0.25) is 5.15 Å². The predicted octanol–water partition coefficient (Wildman–Crippen LogP) is 6.40. The second kappa shape index (κ2) is 10.3. The molecule has 1 amide bonds. The van der Waals surface area contributed by atoms with Gasteiger partial charge in [0.2, 0.25) is 5.15 Å². The van der Waals surface area contributed by atoms with Crippen LogP contribution in [-0.4, -0.2) is 45.1 Å². The van der Waals surface area contributed by atoms with E-state index in [0.717, 1.165) is 0 Å². The summed E-state index contributed by atoms with van der Waals surface area (Å²) in [5, 5.41) is 24.0. The van der Waals surface area contributed by atoms with E-state index >= 15 is 0 Å². The molecule has 34 heavy (non-hydrogen) atoms. The summed E-state index contributed by atoms with van der Waals surface area (Å²) in [6.45, 7) is 5.55. The summed E-state index contributed by atoms with van der Waals surface area (Å²) in [5.74, 6) is -0.677. The normalized spacial score (nSPS) is 18.5. The molecule has 0 radical (unpaired) electrons. The fraction of sp³-hybridized carbons (Fsp3) is 0.476. The maximum absolute atomic E-state index is 14.9. The Morgan fingerprint density at radius 3 is 2.82 bits per heavy atom. The second-order valence-electron chi connectivity index (χ2n) is 8.82. The van der Waals surface area contributed by atoms with E-state index < -0.39 is 39.3 Å². The molecule has 1 aliphatic heterocycles. The lowest BCUT2D eigenvalue weighted by molar-refractivity contribution is -0.384. The van der Waals surface area contributed by atoms with Crippen molar-refractivity contribution in [1.82, 2.24) is 9.88 Å². The van der Waals surface area contributed by atoms with Crippen molar-refractivity contribution in [2.75, 3.05) is 11.9 Å². The van der Waals surface area contributed by atoms with Crippen molar-refractivity contribution in [2.24, 2.45) is 0 Å². The van der Waals surface area contributed by atoms with Crippen molar-refractivity contribution in [2.45, 2.75) is 57.7 Å². The number of hydrogen-bond acceptors (Lipinski definition) is 7. The third-order valence-electron chi connectivity index (χ3n) is 5.25. The molecular weight excluding hydrogens is 648 g/mol. The first-order valence-corrected chi connectivity index (χ1v) is 12.5. The number of piperidine rings is 1. The molecule has 1 N–H and O–H groups in total. The number of ether oxygens (including phenoxy) is 1. The van der Waals surface area contributed by atoms with Crippen LogP contribution in [0, 0.1) is 30.8 Å². The zero-order valence-corrected chi connectivity index (χ0v) is 23.0. The SMILES string of the molecule is CC(C)(C)OC(=O)N1CC[C@H](Nc2c([N+](=O)[O-])c(Cl)nc3c(F)c(Br)c(I)cc23)C[C@H]1CC#N. The molecule has 1 aromatic carbocycles. The maximum atomic E-state index is 14.9. The van der Waals surface area contributed by atoms with E-state index in [1.54, 1.807) is 26.8 Å². The van der Waals surface area contributed by atoms with Crippen LogP contribution in [0.15, 0.2) is 10.5 Å². The van der Waals surface area contributed by atoms with Gasteiger partial charge in [0.05, 0.1) is 21.9 Å². The van der Waals surface area contributed by atoms with Gasteiger partial charge in [-0.25, -0.2) is 14.2 Å². The molecule has 1 saturated heterocycles. The molecule has 13 heteroatoms. The molecule has 9 nitrogen and oxygen atoms in total. The van der Waals surface area contributed by atoms with Crippen LogP contribution < -0.4 is 5.32 Å². The molecule has 2 heterocycles. The number of pyridine rings is 1. The molecule has 182 valence electrons. The van der Waals surface area contributed by atoms with Gasteiger partial charge in [-0.2, -0.15) is 5.26 Å². The predicted molar refractivity (Wildman–Crippen MR) is 137 cm³/mol. The Kier molecular flexibility index (Phi) is 8.09. The van der Waals surface area contributed by atoms with E-state index in [9.17, 15) is 24.6 Å². The number of halogens is 4. The maximum Gasteiger partial charge on any atom is 0.410 e. The Bertz CT molecular complexity index is 1200. The van der Waals surface area contributed by atoms with Crippen LogP contribution in [-0.2, 0) is 4.74 Å².